The van der Waals surface area contributed by atoms with Gasteiger partial charge in [-0.2, -0.15) is 4.72 Å². The van der Waals surface area contributed by atoms with Crippen LogP contribution in [0.3, 0.4) is 0 Å². The molecule has 1 aliphatic heterocycles. The second-order valence-corrected chi connectivity index (χ2v) is 8.01. The quantitative estimate of drug-likeness (QED) is 0.400. The van der Waals surface area contributed by atoms with Gasteiger partial charge in [-0.25, -0.2) is 31.6 Å². The van der Waals surface area contributed by atoms with Crippen LogP contribution >= 0.6 is 11.6 Å². The van der Waals surface area contributed by atoms with Crippen molar-refractivity contribution in [2.45, 2.75) is 9.79 Å². The smallest absolute Gasteiger partial charge is 0.328 e. The second-order valence-electron chi connectivity index (χ2n) is 4.33. The van der Waals surface area contributed by atoms with E-state index in [1.165, 1.54) is 6.07 Å². The Morgan fingerprint density at radius 2 is 1.72 bits per heavy atom. The minimum absolute atomic E-state index is 0.0143. The minimum Gasteiger partial charge on any atom is -0.478 e. The molecule has 0 fully saturated rings. The van der Waals surface area contributed by atoms with Crippen molar-refractivity contribution in [3.8, 4) is 0 Å². The summed E-state index contributed by atoms with van der Waals surface area (Å²) < 4.78 is 47.9. The first-order valence-electron chi connectivity index (χ1n) is 6.08. The Balaban J connectivity index is 0.000000333. The lowest BCUT2D eigenvalue weighted by Crippen LogP contribution is -2.34. The molecule has 11 nitrogen and oxygen atoms in total. The molecule has 0 aliphatic carbocycles. The van der Waals surface area contributed by atoms with Gasteiger partial charge in [0.25, 0.3) is 0 Å². The number of carbonyl (C=O) groups is 2. The van der Waals surface area contributed by atoms with Crippen molar-refractivity contribution < 1.29 is 36.6 Å². The summed E-state index contributed by atoms with van der Waals surface area (Å²) >= 11 is 5.72. The van der Waals surface area contributed by atoms with E-state index in [0.29, 0.717) is 12.2 Å². The molecule has 0 atom stereocenters. The van der Waals surface area contributed by atoms with Gasteiger partial charge in [0, 0.05) is 12.2 Å². The zero-order valence-electron chi connectivity index (χ0n) is 12.1. The number of anilines is 1. The number of carboxylic acid groups (broad SMARTS) is 2. The maximum absolute atomic E-state index is 11.6. The molecule has 0 spiro atoms. The lowest BCUT2D eigenvalue weighted by atomic mass is 10.3. The number of halogens is 1. The third-order valence-electron chi connectivity index (χ3n) is 2.54. The van der Waals surface area contributed by atoms with Crippen LogP contribution in [0.1, 0.15) is 0 Å². The van der Waals surface area contributed by atoms with E-state index >= 15 is 0 Å². The Hall–Kier alpha value is -2.19. The molecule has 0 saturated heterocycles. The highest BCUT2D eigenvalue weighted by Gasteiger charge is 2.26. The first-order chi connectivity index (χ1) is 11.3. The fraction of sp³-hybridized carbons (Fsp3) is 0.0909. The Morgan fingerprint density at radius 1 is 1.20 bits per heavy atom. The number of carboxylic acids is 2. The van der Waals surface area contributed by atoms with E-state index < -0.39 is 36.9 Å². The van der Waals surface area contributed by atoms with E-state index in [1.54, 1.807) is 0 Å². The molecular weight excluding hydrogens is 402 g/mol. The summed E-state index contributed by atoms with van der Waals surface area (Å²) in [5, 5.41) is 23.2. The zero-order chi connectivity index (χ0) is 19.4. The lowest BCUT2D eigenvalue weighted by Gasteiger charge is -2.20. The molecule has 1 aliphatic rings. The predicted molar refractivity (Wildman–Crippen MR) is 86.0 cm³/mol. The monoisotopic (exact) mass is 413 g/mol. The maximum atomic E-state index is 11.6. The van der Waals surface area contributed by atoms with E-state index in [0.717, 1.165) is 6.07 Å². The summed E-state index contributed by atoms with van der Waals surface area (Å²) in [7, 11) is -7.80. The number of sulfonamides is 2. The van der Waals surface area contributed by atoms with Crippen molar-refractivity contribution in [1.82, 2.24) is 4.72 Å². The molecule has 138 valence electrons. The molecule has 0 radical (unpaired) electrons. The van der Waals surface area contributed by atoms with E-state index in [4.69, 9.17) is 27.0 Å². The van der Waals surface area contributed by atoms with Crippen LogP contribution in [0, 0.1) is 0 Å². The van der Waals surface area contributed by atoms with E-state index in [2.05, 4.69) is 10.0 Å². The van der Waals surface area contributed by atoms with Gasteiger partial charge in [0.15, 0.2) is 0 Å². The maximum Gasteiger partial charge on any atom is 0.328 e. The highest BCUT2D eigenvalue weighted by atomic mass is 35.5. The molecule has 0 amide bonds. The summed E-state index contributed by atoms with van der Waals surface area (Å²) in [5.74, 6) is -2.51. The van der Waals surface area contributed by atoms with Gasteiger partial charge in [-0.05, 0) is 12.1 Å². The second kappa shape index (κ2) is 7.79. The number of benzene rings is 1. The van der Waals surface area contributed by atoms with Crippen LogP contribution in [0.2, 0.25) is 5.02 Å². The van der Waals surface area contributed by atoms with Crippen molar-refractivity contribution >= 4 is 49.3 Å². The van der Waals surface area contributed by atoms with Gasteiger partial charge in [-0.1, -0.05) is 11.6 Å². The van der Waals surface area contributed by atoms with Crippen molar-refractivity contribution in [3.05, 3.63) is 29.3 Å². The third kappa shape index (κ3) is 5.99. The molecule has 6 N–H and O–H groups in total. The van der Waals surface area contributed by atoms with Crippen LogP contribution in [0.25, 0.3) is 0 Å². The van der Waals surface area contributed by atoms with Gasteiger partial charge in [0.1, 0.15) is 9.79 Å². The number of fused-ring (bicyclic) bond motifs is 1. The molecule has 1 aromatic rings. The van der Waals surface area contributed by atoms with Crippen molar-refractivity contribution in [2.24, 2.45) is 5.14 Å². The Kier molecular flexibility index (Phi) is 6.50. The molecular formula is C11H12ClN3O8S2. The largest absolute Gasteiger partial charge is 0.478 e. The SMILES string of the molecule is NS(=O)(=O)c1cc2c(cc1Cl)NCNS2(=O)=O.O=C(O)/C=C\C(=O)O. The molecule has 1 aromatic carbocycles. The Labute approximate surface area is 147 Å². The number of rotatable bonds is 3. The van der Waals surface area contributed by atoms with Crippen LogP contribution in [-0.4, -0.2) is 45.7 Å². The fourth-order valence-corrected chi connectivity index (χ4v) is 3.84. The van der Waals surface area contributed by atoms with Gasteiger partial charge in [0.2, 0.25) is 20.0 Å². The summed E-state index contributed by atoms with van der Waals surface area (Å²) in [5.41, 5.74) is 0.237. The van der Waals surface area contributed by atoms with Crippen LogP contribution < -0.4 is 15.2 Å². The summed E-state index contributed by atoms with van der Waals surface area (Å²) in [6, 6.07) is 2.15. The zero-order valence-corrected chi connectivity index (χ0v) is 14.5. The third-order valence-corrected chi connectivity index (χ3v) is 5.36. The topological polar surface area (TPSA) is 193 Å². The summed E-state index contributed by atoms with van der Waals surface area (Å²) in [6.07, 6.45) is 1.12. The normalized spacial score (nSPS) is 15.4. The average Bonchev–Trinajstić information content (AvgIpc) is 2.43. The molecule has 25 heavy (non-hydrogen) atoms. The molecule has 14 heteroatoms. The Morgan fingerprint density at radius 3 is 2.16 bits per heavy atom. The van der Waals surface area contributed by atoms with Crippen molar-refractivity contribution in [2.75, 3.05) is 12.0 Å². The summed E-state index contributed by atoms with van der Waals surface area (Å²) in [6.45, 7) is 0.0143. The van der Waals surface area contributed by atoms with Crippen LogP contribution in [0.15, 0.2) is 34.1 Å². The van der Waals surface area contributed by atoms with Crippen LogP contribution in [0.4, 0.5) is 5.69 Å². The van der Waals surface area contributed by atoms with Crippen molar-refractivity contribution in [1.29, 1.82) is 0 Å². The predicted octanol–water partition coefficient (Wildman–Crippen LogP) is -0.639. The standard InChI is InChI=1S/C7H8ClN3O4S2.C4H4O4/c8-4-1-5-7(2-6(4)16(9,12)13)17(14,15)11-3-10-5;5-3(6)1-2-4(7)8/h1-2,10-11H,3H2,(H2,9,12,13);1-2H,(H,5,6)(H,7,8)/b;2-1-. The van der Waals surface area contributed by atoms with Gasteiger partial charge < -0.3 is 15.5 Å². The number of primary sulfonamides is 1. The van der Waals surface area contributed by atoms with E-state index in [-0.39, 0.29) is 22.3 Å². The minimum atomic E-state index is -4.07. The average molecular weight is 414 g/mol. The lowest BCUT2D eigenvalue weighted by molar-refractivity contribution is -0.134. The van der Waals surface area contributed by atoms with Crippen molar-refractivity contribution in [3.63, 3.8) is 0 Å². The van der Waals surface area contributed by atoms with Crippen LogP contribution in [0.5, 0.6) is 0 Å². The molecule has 1 heterocycles. The first kappa shape index (κ1) is 20.9. The highest BCUT2D eigenvalue weighted by molar-refractivity contribution is 7.90. The molecule has 0 unspecified atom stereocenters. The fourth-order valence-electron chi connectivity index (χ4n) is 1.56. The number of hydrogen-bond acceptors (Lipinski definition) is 7. The van der Waals surface area contributed by atoms with Gasteiger partial charge >= 0.3 is 11.9 Å². The number of nitrogens with one attached hydrogen (secondary N) is 2. The molecule has 0 aromatic heterocycles. The van der Waals surface area contributed by atoms with Gasteiger partial charge in [0.05, 0.1) is 17.4 Å². The number of hydrogen-bond donors (Lipinski definition) is 5. The number of aliphatic carboxylic acids is 2. The van der Waals surface area contributed by atoms with Gasteiger partial charge in [-0.15, -0.1) is 0 Å². The summed E-state index contributed by atoms with van der Waals surface area (Å²) in [4.78, 5) is 18.5. The van der Waals surface area contributed by atoms with Crippen LogP contribution in [-0.2, 0) is 29.6 Å². The molecule has 0 saturated carbocycles. The molecule has 0 bridgehead atoms. The van der Waals surface area contributed by atoms with E-state index in [9.17, 15) is 26.4 Å². The Bertz CT molecular complexity index is 924. The van der Waals surface area contributed by atoms with Gasteiger partial charge in [-0.3, -0.25) is 0 Å². The van der Waals surface area contributed by atoms with E-state index in [1.807, 2.05) is 0 Å². The molecule has 2 rings (SSSR count). The number of nitrogens with two attached hydrogens (primary N) is 1. The first-order valence-corrected chi connectivity index (χ1v) is 9.49. The highest BCUT2D eigenvalue weighted by Crippen LogP contribution is 2.32.